The normalized spacial score (nSPS) is 11.0. The van der Waals surface area contributed by atoms with Crippen molar-refractivity contribution in [2.45, 2.75) is 23.5 Å². The van der Waals surface area contributed by atoms with E-state index in [4.69, 9.17) is 5.73 Å². The lowest BCUT2D eigenvalue weighted by molar-refractivity contribution is 0.902. The Hall–Kier alpha value is -2.15. The first-order valence-electron chi connectivity index (χ1n) is 5.86. The molecule has 0 atom stereocenters. The second kappa shape index (κ2) is 4.85. The molecule has 0 saturated carbocycles. The Morgan fingerprint density at radius 3 is 3.00 bits per heavy atom. The zero-order valence-electron chi connectivity index (χ0n) is 10.3. The van der Waals surface area contributed by atoms with Crippen molar-refractivity contribution >= 4 is 23.2 Å². The van der Waals surface area contributed by atoms with Crippen LogP contribution in [0, 0.1) is 0 Å². The van der Waals surface area contributed by atoms with Gasteiger partial charge in [-0.25, -0.2) is 9.97 Å². The molecule has 0 aliphatic rings. The molecule has 0 bridgehead atoms. The summed E-state index contributed by atoms with van der Waals surface area (Å²) in [6, 6.07) is 5.78. The van der Waals surface area contributed by atoms with Gasteiger partial charge in [0.05, 0.1) is 0 Å². The topological polar surface area (TPSA) is 82.0 Å². The number of nitrogens with zero attached hydrogens (tertiary/aromatic N) is 5. The Bertz CT molecular complexity index is 723. The Morgan fingerprint density at radius 1 is 1.26 bits per heavy atom. The van der Waals surface area contributed by atoms with Crippen LogP contribution in [0.1, 0.15) is 12.5 Å². The minimum Gasteiger partial charge on any atom is -0.383 e. The molecular formula is C12H12N6S. The van der Waals surface area contributed by atoms with Crippen LogP contribution in [0.15, 0.2) is 40.9 Å². The van der Waals surface area contributed by atoms with E-state index in [1.165, 1.54) is 18.1 Å². The van der Waals surface area contributed by atoms with Gasteiger partial charge in [0.1, 0.15) is 17.2 Å². The average Bonchev–Trinajstić information content (AvgIpc) is 2.83. The van der Waals surface area contributed by atoms with Gasteiger partial charge in [0.25, 0.3) is 0 Å². The number of fused-ring (bicyclic) bond motifs is 1. The number of aromatic nitrogens is 5. The number of nitrogen functional groups attached to an aromatic ring is 1. The van der Waals surface area contributed by atoms with Crippen LogP contribution in [0.4, 0.5) is 5.82 Å². The summed E-state index contributed by atoms with van der Waals surface area (Å²) in [7, 11) is 0. The molecular weight excluding hydrogens is 260 g/mol. The van der Waals surface area contributed by atoms with Gasteiger partial charge < -0.3 is 5.73 Å². The van der Waals surface area contributed by atoms with Crippen LogP contribution in [-0.4, -0.2) is 24.6 Å². The highest BCUT2D eigenvalue weighted by Gasteiger charge is 2.12. The van der Waals surface area contributed by atoms with Crippen LogP contribution >= 0.6 is 11.8 Å². The van der Waals surface area contributed by atoms with Crippen molar-refractivity contribution in [1.82, 2.24) is 24.6 Å². The molecule has 6 nitrogen and oxygen atoms in total. The first-order valence-corrected chi connectivity index (χ1v) is 6.68. The predicted octanol–water partition coefficient (Wildman–Crippen LogP) is 1.82. The van der Waals surface area contributed by atoms with Crippen LogP contribution in [0.5, 0.6) is 0 Å². The smallest absolute Gasteiger partial charge is 0.201 e. The highest BCUT2D eigenvalue weighted by molar-refractivity contribution is 7.99. The van der Waals surface area contributed by atoms with E-state index in [2.05, 4.69) is 20.2 Å². The minimum atomic E-state index is 0.522. The molecule has 3 heterocycles. The van der Waals surface area contributed by atoms with Gasteiger partial charge in [0.15, 0.2) is 5.65 Å². The van der Waals surface area contributed by atoms with E-state index in [-0.39, 0.29) is 0 Å². The largest absolute Gasteiger partial charge is 0.383 e. The van der Waals surface area contributed by atoms with E-state index < -0.39 is 0 Å². The van der Waals surface area contributed by atoms with E-state index in [9.17, 15) is 0 Å². The SMILES string of the molecule is CCc1c(N)ncnc1Sc1nnc2ccccn12. The quantitative estimate of drug-likeness (QED) is 0.732. The maximum atomic E-state index is 5.87. The summed E-state index contributed by atoms with van der Waals surface area (Å²) < 4.78 is 1.92. The lowest BCUT2D eigenvalue weighted by atomic mass is 10.2. The second-order valence-corrected chi connectivity index (χ2v) is 4.87. The van der Waals surface area contributed by atoms with Crippen molar-refractivity contribution in [3.63, 3.8) is 0 Å². The number of nitrogens with two attached hydrogens (primary N) is 1. The first-order chi connectivity index (χ1) is 9.29. The molecule has 0 aromatic carbocycles. The van der Waals surface area contributed by atoms with Crippen LogP contribution in [0.2, 0.25) is 0 Å². The summed E-state index contributed by atoms with van der Waals surface area (Å²) in [6.45, 7) is 2.03. The average molecular weight is 272 g/mol. The van der Waals surface area contributed by atoms with E-state index in [1.807, 2.05) is 35.7 Å². The summed E-state index contributed by atoms with van der Waals surface area (Å²) >= 11 is 1.45. The van der Waals surface area contributed by atoms with Gasteiger partial charge in [-0.3, -0.25) is 4.40 Å². The van der Waals surface area contributed by atoms with Crippen molar-refractivity contribution in [2.24, 2.45) is 0 Å². The zero-order chi connectivity index (χ0) is 13.2. The highest BCUT2D eigenvalue weighted by Crippen LogP contribution is 2.29. The molecule has 0 aliphatic heterocycles. The van der Waals surface area contributed by atoms with Gasteiger partial charge in [0.2, 0.25) is 5.16 Å². The predicted molar refractivity (Wildman–Crippen MR) is 72.9 cm³/mol. The summed E-state index contributed by atoms with van der Waals surface area (Å²) in [5, 5.41) is 9.87. The Labute approximate surface area is 114 Å². The summed E-state index contributed by atoms with van der Waals surface area (Å²) in [5.74, 6) is 0.522. The number of rotatable bonds is 3. The highest BCUT2D eigenvalue weighted by atomic mass is 32.2. The van der Waals surface area contributed by atoms with Gasteiger partial charge >= 0.3 is 0 Å². The molecule has 3 rings (SSSR count). The molecule has 0 aliphatic carbocycles. The monoisotopic (exact) mass is 272 g/mol. The van der Waals surface area contributed by atoms with E-state index >= 15 is 0 Å². The van der Waals surface area contributed by atoms with Crippen LogP contribution < -0.4 is 5.73 Å². The molecule has 19 heavy (non-hydrogen) atoms. The molecule has 0 fully saturated rings. The maximum absolute atomic E-state index is 5.87. The third kappa shape index (κ3) is 2.12. The fraction of sp³-hybridized carbons (Fsp3) is 0.167. The van der Waals surface area contributed by atoms with E-state index in [0.717, 1.165) is 27.8 Å². The van der Waals surface area contributed by atoms with Crippen molar-refractivity contribution in [3.8, 4) is 0 Å². The minimum absolute atomic E-state index is 0.522. The van der Waals surface area contributed by atoms with Gasteiger partial charge in [-0.05, 0) is 30.3 Å². The summed E-state index contributed by atoms with van der Waals surface area (Å²) in [6.07, 6.45) is 4.18. The molecule has 2 N–H and O–H groups in total. The van der Waals surface area contributed by atoms with Gasteiger partial charge in [-0.15, -0.1) is 10.2 Å². The summed E-state index contributed by atoms with van der Waals surface area (Å²) in [4.78, 5) is 8.30. The molecule has 3 aromatic rings. The Balaban J connectivity index is 2.04. The van der Waals surface area contributed by atoms with Crippen molar-refractivity contribution < 1.29 is 0 Å². The zero-order valence-corrected chi connectivity index (χ0v) is 11.1. The maximum Gasteiger partial charge on any atom is 0.201 e. The first kappa shape index (κ1) is 11.9. The Kier molecular flexibility index (Phi) is 3.04. The number of hydrogen-bond donors (Lipinski definition) is 1. The molecule has 3 aromatic heterocycles. The van der Waals surface area contributed by atoms with E-state index in [0.29, 0.717) is 5.82 Å². The van der Waals surface area contributed by atoms with Crippen molar-refractivity contribution in [2.75, 3.05) is 5.73 Å². The number of hydrogen-bond acceptors (Lipinski definition) is 6. The lowest BCUT2D eigenvalue weighted by Crippen LogP contribution is -2.01. The molecule has 0 radical (unpaired) electrons. The lowest BCUT2D eigenvalue weighted by Gasteiger charge is -2.06. The van der Waals surface area contributed by atoms with Crippen LogP contribution in [0.3, 0.4) is 0 Å². The van der Waals surface area contributed by atoms with E-state index in [1.54, 1.807) is 0 Å². The molecule has 0 amide bonds. The van der Waals surface area contributed by atoms with Gasteiger partial charge in [0, 0.05) is 11.8 Å². The molecule has 0 spiro atoms. The molecule has 7 heteroatoms. The number of pyridine rings is 1. The fourth-order valence-corrected chi connectivity index (χ4v) is 2.78. The standard InChI is InChI=1S/C12H12N6S/c1-2-8-10(13)14-7-15-11(8)19-12-17-16-9-5-3-4-6-18(9)12/h3-7H,2H2,1H3,(H2,13,14,15). The molecule has 96 valence electrons. The van der Waals surface area contributed by atoms with Crippen LogP contribution in [0.25, 0.3) is 5.65 Å². The number of anilines is 1. The van der Waals surface area contributed by atoms with Crippen molar-refractivity contribution in [1.29, 1.82) is 0 Å². The van der Waals surface area contributed by atoms with Crippen LogP contribution in [-0.2, 0) is 6.42 Å². The van der Waals surface area contributed by atoms with Crippen molar-refractivity contribution in [3.05, 3.63) is 36.3 Å². The van der Waals surface area contributed by atoms with Gasteiger partial charge in [-0.2, -0.15) is 0 Å². The third-order valence-corrected chi connectivity index (χ3v) is 3.77. The molecule has 0 saturated heterocycles. The Morgan fingerprint density at radius 2 is 2.16 bits per heavy atom. The fourth-order valence-electron chi connectivity index (χ4n) is 1.80. The summed E-state index contributed by atoms with van der Waals surface area (Å²) in [5.41, 5.74) is 7.62. The third-order valence-electron chi connectivity index (χ3n) is 2.76. The molecule has 0 unspecified atom stereocenters. The second-order valence-electron chi connectivity index (χ2n) is 3.91. The van der Waals surface area contributed by atoms with Gasteiger partial charge in [-0.1, -0.05) is 13.0 Å².